The number of nitrogens with one attached hydrogen (secondary N) is 2. The summed E-state index contributed by atoms with van der Waals surface area (Å²) < 4.78 is 0. The minimum Gasteiger partial charge on any atom is -0.325 e. The molecule has 0 bridgehead atoms. The molecule has 1 aliphatic heterocycles. The van der Waals surface area contributed by atoms with Gasteiger partial charge in [-0.3, -0.25) is 9.78 Å². The predicted octanol–water partition coefficient (Wildman–Crippen LogP) is 4.11. The molecule has 0 radical (unpaired) electrons. The standard InChI is InChI=1S/C19H23N3O.2ClH/c1-13-7-8-16(15-6-4-10-21-17(13)15)22-18(23)19-9-3-2-5-14(19)11-20-12-19;;/h4,6-8,10,14,20H,2-3,5,9,11-12H2,1H3,(H,22,23);2*1H/t14-,19+;;/m0../s1. The zero-order valence-corrected chi connectivity index (χ0v) is 16.0. The Balaban J connectivity index is 0.00000113. The van der Waals surface area contributed by atoms with E-state index in [0.29, 0.717) is 5.92 Å². The SMILES string of the molecule is Cc1ccc(NC(=O)[C@@]23CCCC[C@H]2CNC3)c2cccnc12.Cl.Cl. The molecule has 1 aliphatic carbocycles. The van der Waals surface area contributed by atoms with Crippen molar-refractivity contribution in [1.82, 2.24) is 10.3 Å². The number of aromatic nitrogens is 1. The van der Waals surface area contributed by atoms with Crippen LogP contribution in [0.25, 0.3) is 10.9 Å². The van der Waals surface area contributed by atoms with E-state index in [1.165, 1.54) is 6.42 Å². The van der Waals surface area contributed by atoms with E-state index < -0.39 is 0 Å². The smallest absolute Gasteiger partial charge is 0.232 e. The lowest BCUT2D eigenvalue weighted by Crippen LogP contribution is -2.44. The summed E-state index contributed by atoms with van der Waals surface area (Å²) in [7, 11) is 0. The van der Waals surface area contributed by atoms with Gasteiger partial charge in [0.15, 0.2) is 0 Å². The number of nitrogens with zero attached hydrogens (tertiary/aromatic N) is 1. The molecule has 2 atom stereocenters. The molecule has 2 aliphatic rings. The number of fused-ring (bicyclic) bond motifs is 2. The number of carbonyl (C=O) groups is 1. The number of rotatable bonds is 2. The summed E-state index contributed by atoms with van der Waals surface area (Å²) in [5.74, 6) is 0.660. The number of carbonyl (C=O) groups excluding carboxylic acids is 1. The van der Waals surface area contributed by atoms with E-state index in [1.807, 2.05) is 24.3 Å². The molecule has 2 N–H and O–H groups in total. The number of aryl methyl sites for hydroxylation is 1. The maximum atomic E-state index is 13.1. The molecule has 1 saturated heterocycles. The van der Waals surface area contributed by atoms with E-state index in [1.54, 1.807) is 6.20 Å². The molecular formula is C19H25Cl2N3O. The van der Waals surface area contributed by atoms with Gasteiger partial charge in [0.1, 0.15) is 0 Å². The Hall–Kier alpha value is -1.36. The third-order valence-electron chi connectivity index (χ3n) is 5.71. The van der Waals surface area contributed by atoms with Crippen molar-refractivity contribution in [3.8, 4) is 0 Å². The molecule has 6 heteroatoms. The van der Waals surface area contributed by atoms with Crippen LogP contribution >= 0.6 is 24.8 Å². The van der Waals surface area contributed by atoms with Crippen molar-refractivity contribution in [2.45, 2.75) is 32.6 Å². The first kappa shape index (κ1) is 20.0. The highest BCUT2D eigenvalue weighted by Crippen LogP contribution is 2.44. The number of benzene rings is 1. The zero-order valence-electron chi connectivity index (χ0n) is 14.4. The second-order valence-corrected chi connectivity index (χ2v) is 7.01. The van der Waals surface area contributed by atoms with Crippen LogP contribution in [0.2, 0.25) is 0 Å². The molecule has 25 heavy (non-hydrogen) atoms. The molecule has 2 aromatic rings. The summed E-state index contributed by atoms with van der Waals surface area (Å²) in [5.41, 5.74) is 2.76. The molecule has 1 aromatic carbocycles. The van der Waals surface area contributed by atoms with Crippen LogP contribution in [-0.2, 0) is 4.79 Å². The summed E-state index contributed by atoms with van der Waals surface area (Å²) >= 11 is 0. The fourth-order valence-electron chi connectivity index (χ4n) is 4.36. The molecule has 0 unspecified atom stereocenters. The van der Waals surface area contributed by atoms with Gasteiger partial charge in [-0.25, -0.2) is 0 Å². The third-order valence-corrected chi connectivity index (χ3v) is 5.71. The van der Waals surface area contributed by atoms with Crippen molar-refractivity contribution < 1.29 is 4.79 Å². The average Bonchev–Trinajstić information content (AvgIpc) is 3.03. The first-order chi connectivity index (χ1) is 11.2. The van der Waals surface area contributed by atoms with Gasteiger partial charge >= 0.3 is 0 Å². The van der Waals surface area contributed by atoms with E-state index in [0.717, 1.165) is 54.5 Å². The van der Waals surface area contributed by atoms with Gasteiger partial charge in [0.2, 0.25) is 5.91 Å². The number of amides is 1. The fourth-order valence-corrected chi connectivity index (χ4v) is 4.36. The van der Waals surface area contributed by atoms with Gasteiger partial charge in [0, 0.05) is 18.1 Å². The molecule has 4 nitrogen and oxygen atoms in total. The van der Waals surface area contributed by atoms with Crippen LogP contribution < -0.4 is 10.6 Å². The Morgan fingerprint density at radius 3 is 2.96 bits per heavy atom. The van der Waals surface area contributed by atoms with Crippen LogP contribution in [0.3, 0.4) is 0 Å². The Bertz CT molecular complexity index is 767. The number of halogens is 2. The second-order valence-electron chi connectivity index (χ2n) is 7.01. The Kier molecular flexibility index (Phi) is 6.30. The van der Waals surface area contributed by atoms with Gasteiger partial charge in [-0.2, -0.15) is 0 Å². The lowest BCUT2D eigenvalue weighted by Gasteiger charge is -2.37. The lowest BCUT2D eigenvalue weighted by atomic mass is 9.67. The van der Waals surface area contributed by atoms with Crippen LogP contribution in [0.4, 0.5) is 5.69 Å². The van der Waals surface area contributed by atoms with Crippen molar-refractivity contribution in [2.75, 3.05) is 18.4 Å². The van der Waals surface area contributed by atoms with E-state index in [9.17, 15) is 4.79 Å². The Labute approximate surface area is 161 Å². The first-order valence-corrected chi connectivity index (χ1v) is 8.57. The molecule has 4 rings (SSSR count). The van der Waals surface area contributed by atoms with E-state index in [2.05, 4.69) is 22.5 Å². The normalized spacial score (nSPS) is 24.8. The van der Waals surface area contributed by atoms with Crippen molar-refractivity contribution in [3.05, 3.63) is 36.0 Å². The highest BCUT2D eigenvalue weighted by Gasteiger charge is 2.49. The van der Waals surface area contributed by atoms with Gasteiger partial charge in [0.05, 0.1) is 16.6 Å². The topological polar surface area (TPSA) is 54.0 Å². The summed E-state index contributed by atoms with van der Waals surface area (Å²) in [6, 6.07) is 8.01. The maximum Gasteiger partial charge on any atom is 0.232 e. The monoisotopic (exact) mass is 381 g/mol. The number of anilines is 1. The Morgan fingerprint density at radius 2 is 2.12 bits per heavy atom. The maximum absolute atomic E-state index is 13.1. The zero-order chi connectivity index (χ0) is 15.9. The minimum absolute atomic E-state index is 0. The molecule has 2 fully saturated rings. The van der Waals surface area contributed by atoms with E-state index in [4.69, 9.17) is 0 Å². The molecule has 1 amide bonds. The van der Waals surface area contributed by atoms with Gasteiger partial charge in [-0.15, -0.1) is 24.8 Å². The average molecular weight is 382 g/mol. The molecule has 1 aromatic heterocycles. The van der Waals surface area contributed by atoms with Crippen molar-refractivity contribution in [2.24, 2.45) is 11.3 Å². The van der Waals surface area contributed by atoms with Crippen molar-refractivity contribution in [3.63, 3.8) is 0 Å². The fraction of sp³-hybridized carbons (Fsp3) is 0.474. The molecular weight excluding hydrogens is 357 g/mol. The first-order valence-electron chi connectivity index (χ1n) is 8.57. The number of hydrogen-bond acceptors (Lipinski definition) is 3. The van der Waals surface area contributed by atoms with Crippen molar-refractivity contribution >= 4 is 47.3 Å². The van der Waals surface area contributed by atoms with Crippen molar-refractivity contribution in [1.29, 1.82) is 0 Å². The van der Waals surface area contributed by atoms with Crippen LogP contribution in [0.1, 0.15) is 31.2 Å². The summed E-state index contributed by atoms with van der Waals surface area (Å²) in [4.78, 5) is 17.6. The molecule has 1 saturated carbocycles. The summed E-state index contributed by atoms with van der Waals surface area (Å²) in [6.07, 6.45) is 6.37. The van der Waals surface area contributed by atoms with E-state index in [-0.39, 0.29) is 36.1 Å². The molecule has 136 valence electrons. The predicted molar refractivity (Wildman–Crippen MR) is 107 cm³/mol. The third kappa shape index (κ3) is 3.35. The lowest BCUT2D eigenvalue weighted by molar-refractivity contribution is -0.128. The van der Waals surface area contributed by atoms with E-state index >= 15 is 0 Å². The summed E-state index contributed by atoms with van der Waals surface area (Å²) in [5, 5.41) is 7.69. The van der Waals surface area contributed by atoms with Crippen LogP contribution in [0.15, 0.2) is 30.5 Å². The van der Waals surface area contributed by atoms with Gasteiger partial charge in [0.25, 0.3) is 0 Å². The molecule has 0 spiro atoms. The van der Waals surface area contributed by atoms with Gasteiger partial charge in [-0.05, 0) is 56.0 Å². The highest BCUT2D eigenvalue weighted by molar-refractivity contribution is 6.04. The van der Waals surface area contributed by atoms with Gasteiger partial charge in [-0.1, -0.05) is 18.9 Å². The quantitative estimate of drug-likeness (QED) is 0.822. The summed E-state index contributed by atoms with van der Waals surface area (Å²) in [6.45, 7) is 3.84. The largest absolute Gasteiger partial charge is 0.325 e. The van der Waals surface area contributed by atoms with Gasteiger partial charge < -0.3 is 10.6 Å². The second kappa shape index (κ2) is 7.90. The van der Waals surface area contributed by atoms with Crippen LogP contribution in [0, 0.1) is 18.3 Å². The van der Waals surface area contributed by atoms with Crippen LogP contribution in [0.5, 0.6) is 0 Å². The molecule has 2 heterocycles. The highest BCUT2D eigenvalue weighted by atomic mass is 35.5. The number of pyridine rings is 1. The van der Waals surface area contributed by atoms with Crippen LogP contribution in [-0.4, -0.2) is 24.0 Å². The number of hydrogen-bond donors (Lipinski definition) is 2. The minimum atomic E-state index is -0.225. The Morgan fingerprint density at radius 1 is 1.28 bits per heavy atom.